The number of hydrogen-bond donors (Lipinski definition) is 2. The van der Waals surface area contributed by atoms with Gasteiger partial charge in [-0.1, -0.05) is 6.92 Å². The largest absolute Gasteiger partial charge is 0.352 e. The van der Waals surface area contributed by atoms with Crippen molar-refractivity contribution >= 4 is 17.5 Å². The quantitative estimate of drug-likeness (QED) is 0.625. The molecule has 0 atom stereocenters. The first kappa shape index (κ1) is 20.8. The van der Waals surface area contributed by atoms with Gasteiger partial charge < -0.3 is 10.6 Å². The summed E-state index contributed by atoms with van der Waals surface area (Å²) in [5, 5.41) is 10.3. The van der Waals surface area contributed by atoms with Gasteiger partial charge in [0.1, 0.15) is 5.82 Å². The van der Waals surface area contributed by atoms with E-state index in [-0.39, 0.29) is 17.6 Å². The van der Waals surface area contributed by atoms with Gasteiger partial charge in [0.2, 0.25) is 0 Å². The summed E-state index contributed by atoms with van der Waals surface area (Å²) >= 11 is 0. The molecule has 31 heavy (non-hydrogen) atoms. The Bertz CT molecular complexity index is 1090. The molecule has 2 aromatic carbocycles. The molecule has 7 heteroatoms. The SMILES string of the molecule is CCCNC(=O)c1ccc(NC(=O)c2nn(-c3ccc(F)cc3)c3c2CCCC3)cc1. The molecule has 0 radical (unpaired) electrons. The standard InChI is InChI=1S/C24H25FN4O2/c1-2-15-26-23(30)16-7-11-18(12-8-16)27-24(31)22-20-5-3-4-6-21(20)29(28-22)19-13-9-17(25)10-14-19/h7-14H,2-6,15H2,1H3,(H,26,30)(H,27,31). The number of carbonyl (C=O) groups excluding carboxylic acids is 2. The van der Waals surface area contributed by atoms with Crippen LogP contribution >= 0.6 is 0 Å². The molecule has 0 unspecified atom stereocenters. The smallest absolute Gasteiger partial charge is 0.276 e. The van der Waals surface area contributed by atoms with Gasteiger partial charge in [-0.05, 0) is 80.6 Å². The summed E-state index contributed by atoms with van der Waals surface area (Å²) in [4.78, 5) is 25.1. The van der Waals surface area contributed by atoms with Crippen molar-refractivity contribution in [1.29, 1.82) is 0 Å². The van der Waals surface area contributed by atoms with E-state index in [2.05, 4.69) is 15.7 Å². The van der Waals surface area contributed by atoms with Crippen molar-refractivity contribution in [2.75, 3.05) is 11.9 Å². The van der Waals surface area contributed by atoms with Gasteiger partial charge in [0.05, 0.1) is 5.69 Å². The first-order chi connectivity index (χ1) is 15.1. The maximum Gasteiger partial charge on any atom is 0.276 e. The second kappa shape index (κ2) is 9.12. The summed E-state index contributed by atoms with van der Waals surface area (Å²) in [6.07, 6.45) is 4.52. The lowest BCUT2D eigenvalue weighted by Crippen LogP contribution is -2.23. The molecular weight excluding hydrogens is 395 g/mol. The van der Waals surface area contributed by atoms with Crippen LogP contribution in [0.1, 0.15) is 58.3 Å². The average molecular weight is 420 g/mol. The number of fused-ring (bicyclic) bond motifs is 1. The molecule has 160 valence electrons. The van der Waals surface area contributed by atoms with Crippen molar-refractivity contribution < 1.29 is 14.0 Å². The van der Waals surface area contributed by atoms with Crippen LogP contribution in [0.2, 0.25) is 0 Å². The zero-order chi connectivity index (χ0) is 21.8. The van der Waals surface area contributed by atoms with Gasteiger partial charge in [-0.15, -0.1) is 0 Å². The third-order valence-corrected chi connectivity index (χ3v) is 5.41. The van der Waals surface area contributed by atoms with Crippen LogP contribution in [-0.4, -0.2) is 28.1 Å². The van der Waals surface area contributed by atoms with Gasteiger partial charge in [-0.25, -0.2) is 9.07 Å². The second-order valence-electron chi connectivity index (χ2n) is 7.66. The van der Waals surface area contributed by atoms with Crippen LogP contribution < -0.4 is 10.6 Å². The van der Waals surface area contributed by atoms with Crippen molar-refractivity contribution in [1.82, 2.24) is 15.1 Å². The Morgan fingerprint density at radius 3 is 2.42 bits per heavy atom. The molecule has 0 saturated heterocycles. The third kappa shape index (κ3) is 4.50. The average Bonchev–Trinajstić information content (AvgIpc) is 3.18. The number of carbonyl (C=O) groups is 2. The lowest BCUT2D eigenvalue weighted by atomic mass is 9.95. The molecule has 1 aliphatic rings. The van der Waals surface area contributed by atoms with Crippen LogP contribution in [0.25, 0.3) is 5.69 Å². The summed E-state index contributed by atoms with van der Waals surface area (Å²) in [6.45, 7) is 2.62. The highest BCUT2D eigenvalue weighted by atomic mass is 19.1. The minimum Gasteiger partial charge on any atom is -0.352 e. The predicted molar refractivity (Wildman–Crippen MR) is 117 cm³/mol. The fraction of sp³-hybridized carbons (Fsp3) is 0.292. The van der Waals surface area contributed by atoms with E-state index in [9.17, 15) is 14.0 Å². The van der Waals surface area contributed by atoms with Crippen molar-refractivity contribution in [2.24, 2.45) is 0 Å². The normalized spacial score (nSPS) is 12.8. The first-order valence-corrected chi connectivity index (χ1v) is 10.6. The van der Waals surface area contributed by atoms with E-state index >= 15 is 0 Å². The molecule has 3 aromatic rings. The monoisotopic (exact) mass is 420 g/mol. The molecule has 1 aliphatic carbocycles. The lowest BCUT2D eigenvalue weighted by molar-refractivity contribution is 0.0953. The Labute approximate surface area is 180 Å². The number of nitrogens with zero attached hydrogens (tertiary/aromatic N) is 2. The fourth-order valence-corrected chi connectivity index (χ4v) is 3.81. The Balaban J connectivity index is 1.56. The van der Waals surface area contributed by atoms with Gasteiger partial charge in [0, 0.05) is 29.1 Å². The molecule has 1 heterocycles. The van der Waals surface area contributed by atoms with Crippen molar-refractivity contribution in [3.05, 3.63) is 76.9 Å². The summed E-state index contributed by atoms with van der Waals surface area (Å²) in [5.41, 5.74) is 4.22. The summed E-state index contributed by atoms with van der Waals surface area (Å²) in [7, 11) is 0. The molecule has 0 aliphatic heterocycles. The van der Waals surface area contributed by atoms with Crippen molar-refractivity contribution in [3.63, 3.8) is 0 Å². The molecule has 0 saturated carbocycles. The number of hydrogen-bond acceptors (Lipinski definition) is 3. The third-order valence-electron chi connectivity index (χ3n) is 5.41. The lowest BCUT2D eigenvalue weighted by Gasteiger charge is -2.14. The highest BCUT2D eigenvalue weighted by Gasteiger charge is 2.25. The fourth-order valence-electron chi connectivity index (χ4n) is 3.81. The van der Waals surface area contributed by atoms with Crippen LogP contribution in [0.15, 0.2) is 48.5 Å². The molecule has 2 amide bonds. The Hall–Kier alpha value is -3.48. The number of amides is 2. The van der Waals surface area contributed by atoms with Gasteiger partial charge in [-0.2, -0.15) is 5.10 Å². The highest BCUT2D eigenvalue weighted by molar-refractivity contribution is 6.04. The van der Waals surface area contributed by atoms with E-state index in [1.165, 1.54) is 12.1 Å². The number of aromatic nitrogens is 2. The minimum atomic E-state index is -0.311. The topological polar surface area (TPSA) is 76.0 Å². The van der Waals surface area contributed by atoms with Gasteiger partial charge >= 0.3 is 0 Å². The molecule has 0 fully saturated rings. The summed E-state index contributed by atoms with van der Waals surface area (Å²) in [6, 6.07) is 12.9. The summed E-state index contributed by atoms with van der Waals surface area (Å²) < 4.78 is 15.1. The van der Waals surface area contributed by atoms with E-state index in [0.717, 1.165) is 49.0 Å². The van der Waals surface area contributed by atoms with E-state index in [4.69, 9.17) is 0 Å². The zero-order valence-electron chi connectivity index (χ0n) is 17.5. The molecule has 0 bridgehead atoms. The maximum atomic E-state index is 13.3. The maximum absolute atomic E-state index is 13.3. The van der Waals surface area contributed by atoms with Crippen LogP contribution in [0.4, 0.5) is 10.1 Å². The number of nitrogens with one attached hydrogen (secondary N) is 2. The van der Waals surface area contributed by atoms with E-state index in [1.54, 1.807) is 41.1 Å². The predicted octanol–water partition coefficient (Wildman–Crippen LogP) is 4.28. The number of rotatable bonds is 6. The van der Waals surface area contributed by atoms with Gasteiger partial charge in [-0.3, -0.25) is 9.59 Å². The molecule has 0 spiro atoms. The molecule has 4 rings (SSSR count). The molecule has 2 N–H and O–H groups in total. The second-order valence-corrected chi connectivity index (χ2v) is 7.66. The number of benzene rings is 2. The van der Waals surface area contributed by atoms with Crippen molar-refractivity contribution in [3.8, 4) is 5.69 Å². The van der Waals surface area contributed by atoms with Crippen LogP contribution in [0, 0.1) is 5.82 Å². The van der Waals surface area contributed by atoms with Crippen LogP contribution in [-0.2, 0) is 12.8 Å². The van der Waals surface area contributed by atoms with Gasteiger partial charge in [0.15, 0.2) is 5.69 Å². The highest BCUT2D eigenvalue weighted by Crippen LogP contribution is 2.27. The number of halogens is 1. The molecule has 1 aromatic heterocycles. The molecule has 6 nitrogen and oxygen atoms in total. The Morgan fingerprint density at radius 1 is 1.00 bits per heavy atom. The van der Waals surface area contributed by atoms with Gasteiger partial charge in [0.25, 0.3) is 11.8 Å². The Kier molecular flexibility index (Phi) is 6.11. The summed E-state index contributed by atoms with van der Waals surface area (Å²) in [5.74, 6) is -0.733. The number of anilines is 1. The molecular formula is C24H25FN4O2. The first-order valence-electron chi connectivity index (χ1n) is 10.6. The van der Waals surface area contributed by atoms with E-state index < -0.39 is 0 Å². The Morgan fingerprint density at radius 2 is 1.71 bits per heavy atom. The van der Waals surface area contributed by atoms with E-state index in [1.807, 2.05) is 6.92 Å². The van der Waals surface area contributed by atoms with E-state index in [0.29, 0.717) is 23.5 Å². The van der Waals surface area contributed by atoms with Crippen LogP contribution in [0.3, 0.4) is 0 Å². The minimum absolute atomic E-state index is 0.133. The zero-order valence-corrected chi connectivity index (χ0v) is 17.5. The van der Waals surface area contributed by atoms with Crippen molar-refractivity contribution in [2.45, 2.75) is 39.0 Å². The van der Waals surface area contributed by atoms with Crippen LogP contribution in [0.5, 0.6) is 0 Å².